The Morgan fingerprint density at radius 1 is 1.00 bits per heavy atom. The van der Waals surface area contributed by atoms with Crippen LogP contribution in [0.25, 0.3) is 10.8 Å². The minimum absolute atomic E-state index is 0.234. The first-order valence-corrected chi connectivity index (χ1v) is 11.6. The maximum absolute atomic E-state index is 12.9. The number of carbonyl (C=O) groups is 1. The zero-order chi connectivity index (χ0) is 22.6. The van der Waals surface area contributed by atoms with E-state index >= 15 is 0 Å². The van der Waals surface area contributed by atoms with Crippen LogP contribution in [0, 0.1) is 0 Å². The Morgan fingerprint density at radius 3 is 2.35 bits per heavy atom. The van der Waals surface area contributed by atoms with Gasteiger partial charge >= 0.3 is 0 Å². The Bertz CT molecular complexity index is 1190. The number of nitrogens with one attached hydrogen (secondary N) is 1. The standard InChI is InChI=1S/C23H26N2O5S/c1-16(23(26)24-15-17-9-10-18-7-5-6-8-19(18)13-17)25(31(4,27)28)21-14-20(29-2)11-12-22(21)30-3/h5-14,16H,15H2,1-4H3,(H,24,26). The predicted molar refractivity (Wildman–Crippen MR) is 122 cm³/mol. The lowest BCUT2D eigenvalue weighted by molar-refractivity contribution is -0.122. The van der Waals surface area contributed by atoms with Crippen molar-refractivity contribution in [1.82, 2.24) is 5.32 Å². The molecule has 3 aromatic rings. The largest absolute Gasteiger partial charge is 0.497 e. The topological polar surface area (TPSA) is 84.9 Å². The number of hydrogen-bond acceptors (Lipinski definition) is 5. The van der Waals surface area contributed by atoms with Crippen LogP contribution in [0.2, 0.25) is 0 Å². The minimum Gasteiger partial charge on any atom is -0.497 e. The summed E-state index contributed by atoms with van der Waals surface area (Å²) in [6.45, 7) is 1.82. The number of rotatable bonds is 8. The molecule has 1 atom stereocenters. The molecule has 0 bridgehead atoms. The van der Waals surface area contributed by atoms with E-state index in [2.05, 4.69) is 5.32 Å². The first-order valence-electron chi connectivity index (χ1n) is 9.71. The second-order valence-electron chi connectivity index (χ2n) is 7.17. The molecule has 3 aromatic carbocycles. The van der Waals surface area contributed by atoms with Gasteiger partial charge in [0.25, 0.3) is 0 Å². The van der Waals surface area contributed by atoms with Gasteiger partial charge in [0.2, 0.25) is 15.9 Å². The zero-order valence-corrected chi connectivity index (χ0v) is 18.8. The third-order valence-electron chi connectivity index (χ3n) is 4.99. The highest BCUT2D eigenvalue weighted by atomic mass is 32.2. The van der Waals surface area contributed by atoms with Gasteiger partial charge in [0.1, 0.15) is 17.5 Å². The van der Waals surface area contributed by atoms with Crippen molar-refractivity contribution in [2.24, 2.45) is 0 Å². The number of fused-ring (bicyclic) bond motifs is 1. The molecular weight excluding hydrogens is 416 g/mol. The smallest absolute Gasteiger partial charge is 0.243 e. The molecule has 7 nitrogen and oxygen atoms in total. The summed E-state index contributed by atoms with van der Waals surface area (Å²) in [5.74, 6) is 0.345. The van der Waals surface area contributed by atoms with E-state index in [0.29, 0.717) is 11.5 Å². The van der Waals surface area contributed by atoms with Crippen molar-refractivity contribution in [2.75, 3.05) is 24.8 Å². The molecule has 3 rings (SSSR count). The maximum Gasteiger partial charge on any atom is 0.243 e. The van der Waals surface area contributed by atoms with Crippen LogP contribution in [0.5, 0.6) is 11.5 Å². The number of carbonyl (C=O) groups excluding carboxylic acids is 1. The molecule has 0 aliphatic carbocycles. The van der Waals surface area contributed by atoms with Gasteiger partial charge in [0, 0.05) is 12.6 Å². The van der Waals surface area contributed by atoms with Crippen LogP contribution in [0.4, 0.5) is 5.69 Å². The second-order valence-corrected chi connectivity index (χ2v) is 9.03. The number of nitrogens with zero attached hydrogens (tertiary/aromatic N) is 1. The maximum atomic E-state index is 12.9. The molecule has 1 N–H and O–H groups in total. The van der Waals surface area contributed by atoms with Gasteiger partial charge in [-0.25, -0.2) is 8.42 Å². The average molecular weight is 443 g/mol. The fourth-order valence-corrected chi connectivity index (χ4v) is 4.61. The van der Waals surface area contributed by atoms with Gasteiger partial charge in [-0.1, -0.05) is 36.4 Å². The number of sulfonamides is 1. The fraction of sp³-hybridized carbons (Fsp3) is 0.261. The zero-order valence-electron chi connectivity index (χ0n) is 18.0. The van der Waals surface area contributed by atoms with E-state index in [1.165, 1.54) is 27.2 Å². The highest BCUT2D eigenvalue weighted by molar-refractivity contribution is 7.92. The lowest BCUT2D eigenvalue weighted by Gasteiger charge is -2.29. The SMILES string of the molecule is COc1ccc(OC)c(N(C(C)C(=O)NCc2ccc3ccccc3c2)S(C)(=O)=O)c1. The molecule has 0 heterocycles. The summed E-state index contributed by atoms with van der Waals surface area (Å²) in [6.07, 6.45) is 1.05. The average Bonchev–Trinajstić information content (AvgIpc) is 2.76. The van der Waals surface area contributed by atoms with Gasteiger partial charge in [-0.3, -0.25) is 9.10 Å². The molecule has 0 saturated heterocycles. The summed E-state index contributed by atoms with van der Waals surface area (Å²) in [5, 5.41) is 5.02. The van der Waals surface area contributed by atoms with Crippen molar-refractivity contribution in [3.05, 3.63) is 66.2 Å². The number of methoxy groups -OCH3 is 2. The molecule has 1 unspecified atom stereocenters. The summed E-state index contributed by atoms with van der Waals surface area (Å²) in [7, 11) is -0.872. The Morgan fingerprint density at radius 2 is 1.71 bits per heavy atom. The number of benzene rings is 3. The molecule has 31 heavy (non-hydrogen) atoms. The van der Waals surface area contributed by atoms with E-state index in [9.17, 15) is 13.2 Å². The van der Waals surface area contributed by atoms with Crippen molar-refractivity contribution in [3.8, 4) is 11.5 Å². The fourth-order valence-electron chi connectivity index (χ4n) is 3.44. The van der Waals surface area contributed by atoms with Crippen LogP contribution >= 0.6 is 0 Å². The highest BCUT2D eigenvalue weighted by Gasteiger charge is 2.31. The van der Waals surface area contributed by atoms with Crippen LogP contribution in [-0.2, 0) is 21.4 Å². The Balaban J connectivity index is 1.84. The van der Waals surface area contributed by atoms with Crippen LogP contribution in [0.15, 0.2) is 60.7 Å². The van der Waals surface area contributed by atoms with Gasteiger partial charge in [-0.15, -0.1) is 0 Å². The lowest BCUT2D eigenvalue weighted by atomic mass is 10.1. The Labute approximate surface area is 182 Å². The van der Waals surface area contributed by atoms with E-state index < -0.39 is 22.0 Å². The van der Waals surface area contributed by atoms with Crippen LogP contribution < -0.4 is 19.1 Å². The molecule has 0 aliphatic heterocycles. The van der Waals surface area contributed by atoms with E-state index in [1.54, 1.807) is 12.1 Å². The predicted octanol–water partition coefficient (Wildman–Crippen LogP) is 3.33. The van der Waals surface area contributed by atoms with Gasteiger partial charge in [-0.05, 0) is 41.5 Å². The molecular formula is C23H26N2O5S. The van der Waals surface area contributed by atoms with E-state index in [0.717, 1.165) is 26.9 Å². The number of hydrogen-bond donors (Lipinski definition) is 1. The van der Waals surface area contributed by atoms with Crippen LogP contribution in [-0.4, -0.2) is 40.8 Å². The quantitative estimate of drug-likeness (QED) is 0.578. The molecule has 0 spiro atoms. The third kappa shape index (κ3) is 5.08. The van der Waals surface area contributed by atoms with Crippen LogP contribution in [0.1, 0.15) is 12.5 Å². The molecule has 0 saturated carbocycles. The summed E-state index contributed by atoms with van der Waals surface area (Å²) in [4.78, 5) is 12.9. The van der Waals surface area contributed by atoms with Crippen molar-refractivity contribution < 1.29 is 22.7 Å². The number of ether oxygens (including phenoxy) is 2. The molecule has 0 aromatic heterocycles. The van der Waals surface area contributed by atoms with Crippen molar-refractivity contribution in [1.29, 1.82) is 0 Å². The van der Waals surface area contributed by atoms with Crippen molar-refractivity contribution >= 4 is 32.4 Å². The van der Waals surface area contributed by atoms with Crippen molar-refractivity contribution in [3.63, 3.8) is 0 Å². The Kier molecular flexibility index (Phi) is 6.70. The van der Waals surface area contributed by atoms with Gasteiger partial charge in [-0.2, -0.15) is 0 Å². The highest BCUT2D eigenvalue weighted by Crippen LogP contribution is 2.35. The Hall–Kier alpha value is -3.26. The van der Waals surface area contributed by atoms with E-state index in [4.69, 9.17) is 9.47 Å². The summed E-state index contributed by atoms with van der Waals surface area (Å²) >= 11 is 0. The normalized spacial score (nSPS) is 12.3. The summed E-state index contributed by atoms with van der Waals surface area (Å²) < 4.78 is 36.8. The molecule has 0 aliphatic rings. The monoisotopic (exact) mass is 442 g/mol. The molecule has 0 fully saturated rings. The number of anilines is 1. The van der Waals surface area contributed by atoms with Gasteiger partial charge in [0.05, 0.1) is 26.2 Å². The molecule has 1 amide bonds. The number of amides is 1. The van der Waals surface area contributed by atoms with Gasteiger partial charge in [0.15, 0.2) is 0 Å². The summed E-state index contributed by atoms with van der Waals surface area (Å²) in [6, 6.07) is 17.7. The minimum atomic E-state index is -3.79. The first kappa shape index (κ1) is 22.4. The van der Waals surface area contributed by atoms with Crippen LogP contribution in [0.3, 0.4) is 0 Å². The molecule has 8 heteroatoms. The summed E-state index contributed by atoms with van der Waals surface area (Å²) in [5.41, 5.74) is 1.15. The lowest BCUT2D eigenvalue weighted by Crippen LogP contribution is -2.47. The first-order chi connectivity index (χ1) is 14.7. The van der Waals surface area contributed by atoms with E-state index in [1.807, 2.05) is 42.5 Å². The van der Waals surface area contributed by atoms with E-state index in [-0.39, 0.29) is 12.2 Å². The molecule has 0 radical (unpaired) electrons. The van der Waals surface area contributed by atoms with Gasteiger partial charge < -0.3 is 14.8 Å². The van der Waals surface area contributed by atoms with Crippen molar-refractivity contribution in [2.45, 2.75) is 19.5 Å². The molecule has 164 valence electrons. The third-order valence-corrected chi connectivity index (χ3v) is 6.22. The second kappa shape index (κ2) is 9.26.